The third-order valence-corrected chi connectivity index (χ3v) is 4.00. The molecule has 2 nitrogen and oxygen atoms in total. The van der Waals surface area contributed by atoms with Gasteiger partial charge in [0.2, 0.25) is 0 Å². The SMILES string of the molecule is Cc1ccccc1C(C)Nc1ccc(C)c2ncccc12. The van der Waals surface area contributed by atoms with Crippen molar-refractivity contribution in [3.05, 3.63) is 71.4 Å². The van der Waals surface area contributed by atoms with E-state index in [2.05, 4.69) is 73.5 Å². The number of hydrogen-bond donors (Lipinski definition) is 1. The number of hydrogen-bond acceptors (Lipinski definition) is 2. The van der Waals surface area contributed by atoms with Gasteiger partial charge in [-0.3, -0.25) is 4.98 Å². The number of nitrogens with one attached hydrogen (secondary N) is 1. The van der Waals surface area contributed by atoms with Gasteiger partial charge in [-0.1, -0.05) is 30.3 Å². The van der Waals surface area contributed by atoms with Crippen LogP contribution in [0, 0.1) is 13.8 Å². The van der Waals surface area contributed by atoms with Crippen LogP contribution in [0.4, 0.5) is 5.69 Å². The Labute approximate surface area is 125 Å². The van der Waals surface area contributed by atoms with E-state index in [0.29, 0.717) is 0 Å². The van der Waals surface area contributed by atoms with Crippen molar-refractivity contribution in [2.75, 3.05) is 5.32 Å². The van der Waals surface area contributed by atoms with Crippen LogP contribution in [0.15, 0.2) is 54.7 Å². The Morgan fingerprint density at radius 2 is 1.71 bits per heavy atom. The van der Waals surface area contributed by atoms with Crippen molar-refractivity contribution in [3.63, 3.8) is 0 Å². The van der Waals surface area contributed by atoms with E-state index in [1.165, 1.54) is 22.1 Å². The normalized spacial score (nSPS) is 12.3. The maximum Gasteiger partial charge on any atom is 0.0751 e. The number of benzene rings is 2. The number of rotatable bonds is 3. The lowest BCUT2D eigenvalue weighted by Gasteiger charge is -2.19. The summed E-state index contributed by atoms with van der Waals surface area (Å²) in [5.41, 5.74) is 6.06. The Hall–Kier alpha value is -2.35. The van der Waals surface area contributed by atoms with Gasteiger partial charge >= 0.3 is 0 Å². The lowest BCUT2D eigenvalue weighted by molar-refractivity contribution is 0.876. The molecule has 3 aromatic rings. The molecule has 0 aliphatic carbocycles. The first-order valence-electron chi connectivity index (χ1n) is 7.33. The van der Waals surface area contributed by atoms with Crippen molar-refractivity contribution in [2.45, 2.75) is 26.8 Å². The van der Waals surface area contributed by atoms with Crippen molar-refractivity contribution < 1.29 is 0 Å². The average molecular weight is 276 g/mol. The van der Waals surface area contributed by atoms with Crippen molar-refractivity contribution >= 4 is 16.6 Å². The zero-order valence-electron chi connectivity index (χ0n) is 12.7. The molecule has 1 heterocycles. The van der Waals surface area contributed by atoms with Crippen LogP contribution in [-0.4, -0.2) is 4.98 Å². The Morgan fingerprint density at radius 3 is 2.52 bits per heavy atom. The topological polar surface area (TPSA) is 24.9 Å². The van der Waals surface area contributed by atoms with Crippen LogP contribution in [0.3, 0.4) is 0 Å². The van der Waals surface area contributed by atoms with Crippen molar-refractivity contribution in [3.8, 4) is 0 Å². The first-order chi connectivity index (χ1) is 10.2. The van der Waals surface area contributed by atoms with E-state index >= 15 is 0 Å². The van der Waals surface area contributed by atoms with Gasteiger partial charge in [0.1, 0.15) is 0 Å². The molecule has 106 valence electrons. The fraction of sp³-hybridized carbons (Fsp3) is 0.211. The molecule has 0 saturated heterocycles. The molecule has 21 heavy (non-hydrogen) atoms. The summed E-state index contributed by atoms with van der Waals surface area (Å²) in [6, 6.07) is 17.2. The van der Waals surface area contributed by atoms with E-state index in [9.17, 15) is 0 Å². The molecule has 0 amide bonds. The standard InChI is InChI=1S/C19H20N2/c1-13-7-4-5-8-16(13)15(3)21-18-11-10-14(2)19-17(18)9-6-12-20-19/h4-12,15,21H,1-3H3. The second-order valence-electron chi connectivity index (χ2n) is 5.55. The lowest BCUT2D eigenvalue weighted by Crippen LogP contribution is -2.08. The highest BCUT2D eigenvalue weighted by Gasteiger charge is 2.10. The van der Waals surface area contributed by atoms with Crippen LogP contribution < -0.4 is 5.32 Å². The Balaban J connectivity index is 1.99. The van der Waals surface area contributed by atoms with Crippen molar-refractivity contribution in [2.24, 2.45) is 0 Å². The maximum atomic E-state index is 4.50. The molecule has 3 rings (SSSR count). The highest BCUT2D eigenvalue weighted by Crippen LogP contribution is 2.28. The largest absolute Gasteiger partial charge is 0.378 e. The second kappa shape index (κ2) is 5.57. The third-order valence-electron chi connectivity index (χ3n) is 4.00. The molecule has 0 saturated carbocycles. The van der Waals surface area contributed by atoms with E-state index in [0.717, 1.165) is 11.2 Å². The number of aryl methyl sites for hydroxylation is 2. The summed E-state index contributed by atoms with van der Waals surface area (Å²) in [7, 11) is 0. The van der Waals surface area contributed by atoms with Crippen LogP contribution >= 0.6 is 0 Å². The predicted octanol–water partition coefficient (Wildman–Crippen LogP) is 5.02. The van der Waals surface area contributed by atoms with Crippen molar-refractivity contribution in [1.29, 1.82) is 0 Å². The minimum absolute atomic E-state index is 0.261. The fourth-order valence-corrected chi connectivity index (χ4v) is 2.82. The molecule has 0 aliphatic rings. The molecule has 0 radical (unpaired) electrons. The van der Waals surface area contributed by atoms with Crippen LogP contribution in [0.2, 0.25) is 0 Å². The number of aromatic nitrogens is 1. The molecule has 1 unspecified atom stereocenters. The lowest BCUT2D eigenvalue weighted by atomic mass is 10.0. The molecule has 0 spiro atoms. The molecule has 2 aromatic carbocycles. The van der Waals surface area contributed by atoms with Crippen LogP contribution in [0.25, 0.3) is 10.9 Å². The number of anilines is 1. The molecule has 0 bridgehead atoms. The zero-order chi connectivity index (χ0) is 14.8. The van der Waals surface area contributed by atoms with Gasteiger partial charge < -0.3 is 5.32 Å². The monoisotopic (exact) mass is 276 g/mol. The summed E-state index contributed by atoms with van der Waals surface area (Å²) in [5, 5.41) is 4.81. The predicted molar refractivity (Wildman–Crippen MR) is 89.7 cm³/mol. The zero-order valence-corrected chi connectivity index (χ0v) is 12.7. The molecule has 2 heteroatoms. The molecular formula is C19H20N2. The third kappa shape index (κ3) is 2.62. The Morgan fingerprint density at radius 1 is 0.905 bits per heavy atom. The Kier molecular flexibility index (Phi) is 3.61. The number of pyridine rings is 1. The summed E-state index contributed by atoms with van der Waals surface area (Å²) >= 11 is 0. The van der Waals surface area contributed by atoms with Crippen molar-refractivity contribution in [1.82, 2.24) is 4.98 Å². The van der Waals surface area contributed by atoms with Gasteiger partial charge in [-0.15, -0.1) is 0 Å². The van der Waals surface area contributed by atoms with Gasteiger partial charge in [0.15, 0.2) is 0 Å². The smallest absolute Gasteiger partial charge is 0.0751 e. The van der Waals surface area contributed by atoms with E-state index < -0.39 is 0 Å². The average Bonchev–Trinajstić information content (AvgIpc) is 2.51. The van der Waals surface area contributed by atoms with E-state index in [4.69, 9.17) is 0 Å². The first-order valence-corrected chi connectivity index (χ1v) is 7.33. The molecule has 0 fully saturated rings. The summed E-state index contributed by atoms with van der Waals surface area (Å²) < 4.78 is 0. The highest BCUT2D eigenvalue weighted by atomic mass is 14.9. The maximum absolute atomic E-state index is 4.50. The van der Waals surface area contributed by atoms with E-state index in [1.807, 2.05) is 12.3 Å². The van der Waals surface area contributed by atoms with Crippen LogP contribution in [0.5, 0.6) is 0 Å². The summed E-state index contributed by atoms with van der Waals surface area (Å²) in [6.07, 6.45) is 1.85. The Bertz CT molecular complexity index is 777. The van der Waals surface area contributed by atoms with Crippen LogP contribution in [-0.2, 0) is 0 Å². The molecular weight excluding hydrogens is 256 g/mol. The van der Waals surface area contributed by atoms with Gasteiger partial charge in [-0.25, -0.2) is 0 Å². The van der Waals surface area contributed by atoms with E-state index in [-0.39, 0.29) is 6.04 Å². The molecule has 1 aromatic heterocycles. The van der Waals surface area contributed by atoms with Gasteiger partial charge in [0, 0.05) is 23.3 Å². The summed E-state index contributed by atoms with van der Waals surface area (Å²) in [6.45, 7) is 6.45. The summed E-state index contributed by atoms with van der Waals surface area (Å²) in [5.74, 6) is 0. The minimum atomic E-state index is 0.261. The quantitative estimate of drug-likeness (QED) is 0.726. The van der Waals surface area contributed by atoms with Gasteiger partial charge in [-0.2, -0.15) is 0 Å². The summed E-state index contributed by atoms with van der Waals surface area (Å²) in [4.78, 5) is 4.50. The number of nitrogens with zero attached hydrogens (tertiary/aromatic N) is 1. The molecule has 0 aliphatic heterocycles. The van der Waals surface area contributed by atoms with Crippen LogP contribution in [0.1, 0.15) is 29.7 Å². The number of fused-ring (bicyclic) bond motifs is 1. The second-order valence-corrected chi connectivity index (χ2v) is 5.55. The molecule has 1 atom stereocenters. The fourth-order valence-electron chi connectivity index (χ4n) is 2.82. The highest BCUT2D eigenvalue weighted by molar-refractivity contribution is 5.93. The van der Waals surface area contributed by atoms with E-state index in [1.54, 1.807) is 0 Å². The molecule has 1 N–H and O–H groups in total. The minimum Gasteiger partial charge on any atom is -0.378 e. The first kappa shape index (κ1) is 13.6. The van der Waals surface area contributed by atoms with Gasteiger partial charge in [0.25, 0.3) is 0 Å². The van der Waals surface area contributed by atoms with Gasteiger partial charge in [-0.05, 0) is 55.7 Å². The van der Waals surface area contributed by atoms with Gasteiger partial charge in [0.05, 0.1) is 5.52 Å².